The summed E-state index contributed by atoms with van der Waals surface area (Å²) < 4.78 is 5.85. The summed E-state index contributed by atoms with van der Waals surface area (Å²) in [7, 11) is 0. The summed E-state index contributed by atoms with van der Waals surface area (Å²) in [6.45, 7) is 5.24. The average Bonchev–Trinajstić information content (AvgIpc) is 2.81. The lowest BCUT2D eigenvalue weighted by atomic mass is 9.73. The van der Waals surface area contributed by atoms with Crippen molar-refractivity contribution < 1.29 is 4.42 Å². The zero-order valence-electron chi connectivity index (χ0n) is 11.6. The Bertz CT molecular complexity index is 558. The molecule has 0 bridgehead atoms. The van der Waals surface area contributed by atoms with Crippen LogP contribution in [0.5, 0.6) is 0 Å². The quantitative estimate of drug-likeness (QED) is 0.874. The number of benzene rings is 1. The summed E-state index contributed by atoms with van der Waals surface area (Å²) in [4.78, 5) is 0. The topological polar surface area (TPSA) is 25.2 Å². The number of hydrogen-bond donors (Lipinski definition) is 1. The molecule has 0 amide bonds. The van der Waals surface area contributed by atoms with Crippen LogP contribution in [0.15, 0.2) is 40.8 Å². The van der Waals surface area contributed by atoms with E-state index in [9.17, 15) is 0 Å². The van der Waals surface area contributed by atoms with Crippen LogP contribution in [-0.4, -0.2) is 6.54 Å². The Morgan fingerprint density at radius 1 is 1.26 bits per heavy atom. The molecular weight excluding hydrogens is 234 g/mol. The molecule has 0 fully saturated rings. The molecule has 0 radical (unpaired) electrons. The van der Waals surface area contributed by atoms with Gasteiger partial charge in [-0.15, -0.1) is 0 Å². The fraction of sp³-hybridized carbons (Fsp3) is 0.412. The summed E-state index contributed by atoms with van der Waals surface area (Å²) in [6, 6.07) is 13.2. The van der Waals surface area contributed by atoms with Crippen molar-refractivity contribution in [1.29, 1.82) is 0 Å². The Kier molecular flexibility index (Phi) is 3.43. The van der Waals surface area contributed by atoms with Gasteiger partial charge in [-0.2, -0.15) is 0 Å². The van der Waals surface area contributed by atoms with Gasteiger partial charge in [-0.1, -0.05) is 31.2 Å². The van der Waals surface area contributed by atoms with E-state index in [0.717, 1.165) is 30.9 Å². The first kappa shape index (κ1) is 12.5. The van der Waals surface area contributed by atoms with E-state index in [2.05, 4.69) is 48.6 Å². The highest BCUT2D eigenvalue weighted by Crippen LogP contribution is 2.43. The van der Waals surface area contributed by atoms with Crippen molar-refractivity contribution in [2.24, 2.45) is 0 Å². The van der Waals surface area contributed by atoms with Gasteiger partial charge in [0.1, 0.15) is 11.5 Å². The fourth-order valence-corrected chi connectivity index (χ4v) is 2.96. The first-order valence-corrected chi connectivity index (χ1v) is 7.17. The molecule has 1 aliphatic rings. The van der Waals surface area contributed by atoms with Crippen LogP contribution in [0.3, 0.4) is 0 Å². The van der Waals surface area contributed by atoms with Gasteiger partial charge in [0.15, 0.2) is 0 Å². The third-order valence-corrected chi connectivity index (χ3v) is 3.98. The SMILES string of the molecule is CCCNC(c1ccc(C)o1)C1Cc2ccccc21. The molecule has 0 spiro atoms. The molecule has 2 unspecified atom stereocenters. The van der Waals surface area contributed by atoms with Gasteiger partial charge in [-0.3, -0.25) is 0 Å². The van der Waals surface area contributed by atoms with E-state index in [-0.39, 0.29) is 0 Å². The monoisotopic (exact) mass is 255 g/mol. The van der Waals surface area contributed by atoms with E-state index in [0.29, 0.717) is 12.0 Å². The highest BCUT2D eigenvalue weighted by molar-refractivity contribution is 5.42. The van der Waals surface area contributed by atoms with E-state index in [1.807, 2.05) is 6.92 Å². The summed E-state index contributed by atoms with van der Waals surface area (Å²) >= 11 is 0. The van der Waals surface area contributed by atoms with Gasteiger partial charge in [0, 0.05) is 5.92 Å². The molecule has 3 rings (SSSR count). The lowest BCUT2D eigenvalue weighted by Gasteiger charge is -2.36. The molecule has 2 heteroatoms. The Balaban J connectivity index is 1.85. The third-order valence-electron chi connectivity index (χ3n) is 3.98. The molecule has 1 aliphatic carbocycles. The normalized spacial score (nSPS) is 18.7. The first-order valence-electron chi connectivity index (χ1n) is 7.17. The summed E-state index contributed by atoms with van der Waals surface area (Å²) in [5.74, 6) is 2.62. The number of fused-ring (bicyclic) bond motifs is 1. The second-order valence-corrected chi connectivity index (χ2v) is 5.39. The minimum atomic E-state index is 0.309. The zero-order chi connectivity index (χ0) is 13.2. The Labute approximate surface area is 114 Å². The molecule has 0 aliphatic heterocycles. The van der Waals surface area contributed by atoms with Crippen LogP contribution in [0, 0.1) is 6.92 Å². The summed E-state index contributed by atoms with van der Waals surface area (Å²) in [6.07, 6.45) is 2.29. The number of rotatable bonds is 5. The molecule has 2 aromatic rings. The van der Waals surface area contributed by atoms with Crippen LogP contribution in [0.2, 0.25) is 0 Å². The van der Waals surface area contributed by atoms with Crippen LogP contribution < -0.4 is 5.32 Å². The summed E-state index contributed by atoms with van der Waals surface area (Å²) in [5, 5.41) is 3.65. The number of furan rings is 1. The van der Waals surface area contributed by atoms with Crippen LogP contribution >= 0.6 is 0 Å². The van der Waals surface area contributed by atoms with Crippen molar-refractivity contribution in [1.82, 2.24) is 5.32 Å². The Morgan fingerprint density at radius 3 is 2.79 bits per heavy atom. The Hall–Kier alpha value is -1.54. The largest absolute Gasteiger partial charge is 0.465 e. The fourth-order valence-electron chi connectivity index (χ4n) is 2.96. The van der Waals surface area contributed by atoms with E-state index in [1.165, 1.54) is 11.1 Å². The smallest absolute Gasteiger partial charge is 0.121 e. The Morgan fingerprint density at radius 2 is 2.11 bits per heavy atom. The highest BCUT2D eigenvalue weighted by atomic mass is 16.3. The average molecular weight is 255 g/mol. The van der Waals surface area contributed by atoms with Crippen LogP contribution in [0.1, 0.15) is 48.0 Å². The van der Waals surface area contributed by atoms with Crippen molar-refractivity contribution in [3.63, 3.8) is 0 Å². The summed E-state index contributed by atoms with van der Waals surface area (Å²) in [5.41, 5.74) is 2.96. The molecule has 1 aromatic heterocycles. The number of aryl methyl sites for hydroxylation is 1. The minimum absolute atomic E-state index is 0.309. The standard InChI is InChI=1S/C17H21NO/c1-3-10-18-17(16-9-8-12(2)19-16)15-11-13-6-4-5-7-14(13)15/h4-9,15,17-18H,3,10-11H2,1-2H3. The van der Waals surface area contributed by atoms with E-state index in [1.54, 1.807) is 0 Å². The number of nitrogens with one attached hydrogen (secondary N) is 1. The van der Waals surface area contributed by atoms with Gasteiger partial charge >= 0.3 is 0 Å². The second-order valence-electron chi connectivity index (χ2n) is 5.39. The molecule has 2 atom stereocenters. The molecular formula is C17H21NO. The maximum Gasteiger partial charge on any atom is 0.121 e. The minimum Gasteiger partial charge on any atom is -0.465 e. The highest BCUT2D eigenvalue weighted by Gasteiger charge is 2.34. The van der Waals surface area contributed by atoms with Gasteiger partial charge in [0.2, 0.25) is 0 Å². The molecule has 100 valence electrons. The molecule has 2 nitrogen and oxygen atoms in total. The van der Waals surface area contributed by atoms with Crippen LogP contribution in [0.25, 0.3) is 0 Å². The lowest BCUT2D eigenvalue weighted by molar-refractivity contribution is 0.339. The van der Waals surface area contributed by atoms with Gasteiger partial charge in [-0.05, 0) is 49.6 Å². The maximum absolute atomic E-state index is 5.85. The van der Waals surface area contributed by atoms with Crippen molar-refractivity contribution in [2.45, 2.75) is 38.6 Å². The van der Waals surface area contributed by atoms with Gasteiger partial charge in [0.05, 0.1) is 6.04 Å². The van der Waals surface area contributed by atoms with Crippen molar-refractivity contribution in [3.8, 4) is 0 Å². The maximum atomic E-state index is 5.85. The second kappa shape index (κ2) is 5.22. The zero-order valence-corrected chi connectivity index (χ0v) is 11.6. The first-order chi connectivity index (χ1) is 9.29. The van der Waals surface area contributed by atoms with E-state index in [4.69, 9.17) is 4.42 Å². The lowest BCUT2D eigenvalue weighted by Crippen LogP contribution is -2.33. The van der Waals surface area contributed by atoms with Crippen molar-refractivity contribution in [3.05, 3.63) is 59.0 Å². The molecule has 1 aromatic carbocycles. The predicted molar refractivity (Wildman–Crippen MR) is 77.4 cm³/mol. The van der Waals surface area contributed by atoms with Gasteiger partial charge < -0.3 is 9.73 Å². The van der Waals surface area contributed by atoms with Gasteiger partial charge in [-0.25, -0.2) is 0 Å². The molecule has 1 N–H and O–H groups in total. The number of hydrogen-bond acceptors (Lipinski definition) is 2. The van der Waals surface area contributed by atoms with Crippen LogP contribution in [-0.2, 0) is 6.42 Å². The molecule has 0 saturated heterocycles. The van der Waals surface area contributed by atoms with Gasteiger partial charge in [0.25, 0.3) is 0 Å². The molecule has 19 heavy (non-hydrogen) atoms. The predicted octanol–water partition coefficient (Wildman–Crippen LogP) is 3.97. The molecule has 1 heterocycles. The van der Waals surface area contributed by atoms with E-state index >= 15 is 0 Å². The molecule has 0 saturated carbocycles. The van der Waals surface area contributed by atoms with E-state index < -0.39 is 0 Å². The van der Waals surface area contributed by atoms with Crippen molar-refractivity contribution >= 4 is 0 Å². The van der Waals surface area contributed by atoms with Crippen LogP contribution in [0.4, 0.5) is 0 Å². The third kappa shape index (κ3) is 2.33. The van der Waals surface area contributed by atoms with Crippen molar-refractivity contribution in [2.75, 3.05) is 6.54 Å².